The first-order chi connectivity index (χ1) is 15.1. The van der Waals surface area contributed by atoms with Crippen LogP contribution in [-0.4, -0.2) is 11.6 Å². The molecule has 0 saturated heterocycles. The number of nitrogens with one attached hydrogen (secondary N) is 1. The van der Waals surface area contributed by atoms with Crippen LogP contribution in [0.3, 0.4) is 0 Å². The van der Waals surface area contributed by atoms with Gasteiger partial charge in [0.2, 0.25) is 0 Å². The van der Waals surface area contributed by atoms with Gasteiger partial charge in [-0.3, -0.25) is 4.79 Å². The zero-order valence-electron chi connectivity index (χ0n) is 17.2. The molecule has 1 aliphatic rings. The van der Waals surface area contributed by atoms with Crippen molar-refractivity contribution in [3.8, 4) is 0 Å². The second-order valence-electron chi connectivity index (χ2n) is 8.39. The van der Waals surface area contributed by atoms with E-state index in [-0.39, 0.29) is 12.3 Å². The molecule has 4 aromatic rings. The van der Waals surface area contributed by atoms with E-state index < -0.39 is 17.5 Å². The highest BCUT2D eigenvalue weighted by molar-refractivity contribution is 5.98. The first kappa shape index (κ1) is 19.5. The van der Waals surface area contributed by atoms with Crippen molar-refractivity contribution >= 4 is 22.4 Å². The molecule has 31 heavy (non-hydrogen) atoms. The molecule has 0 aromatic heterocycles. The van der Waals surface area contributed by atoms with E-state index in [0.29, 0.717) is 12.1 Å². The number of carbonyl (C=O) groups is 1. The maximum atomic E-state index is 16.6. The van der Waals surface area contributed by atoms with Gasteiger partial charge in [0, 0.05) is 11.6 Å². The molecule has 1 saturated carbocycles. The molecule has 0 aliphatic heterocycles. The summed E-state index contributed by atoms with van der Waals surface area (Å²) in [5.74, 6) is -1.08. The van der Waals surface area contributed by atoms with Gasteiger partial charge in [-0.2, -0.15) is 0 Å². The van der Waals surface area contributed by atoms with Crippen LogP contribution in [0, 0.1) is 0 Å². The lowest BCUT2D eigenvalue weighted by Crippen LogP contribution is -2.41. The minimum Gasteiger partial charge on any atom is -0.323 e. The molecule has 1 amide bonds. The lowest BCUT2D eigenvalue weighted by Gasteiger charge is -2.26. The monoisotopic (exact) mass is 409 g/mol. The van der Waals surface area contributed by atoms with Gasteiger partial charge < -0.3 is 5.32 Å². The Morgan fingerprint density at radius 1 is 0.774 bits per heavy atom. The highest BCUT2D eigenvalue weighted by Gasteiger charge is 2.54. The number of hydrogen-bond donors (Lipinski definition) is 1. The molecule has 1 N–H and O–H groups in total. The number of halogens is 1. The van der Waals surface area contributed by atoms with Crippen LogP contribution < -0.4 is 5.32 Å². The van der Waals surface area contributed by atoms with E-state index in [1.54, 1.807) is 12.1 Å². The van der Waals surface area contributed by atoms with Crippen molar-refractivity contribution in [3.63, 3.8) is 0 Å². The van der Waals surface area contributed by atoms with Gasteiger partial charge in [0.1, 0.15) is 0 Å². The highest BCUT2D eigenvalue weighted by atomic mass is 19.1. The van der Waals surface area contributed by atoms with Crippen LogP contribution >= 0.6 is 0 Å². The normalized spacial score (nSPS) is 23.0. The fourth-order valence-electron chi connectivity index (χ4n) is 4.86. The molecule has 0 radical (unpaired) electrons. The predicted octanol–water partition coefficient (Wildman–Crippen LogP) is 6.85. The molecule has 0 unspecified atom stereocenters. The number of fused-ring (bicyclic) bond motifs is 1. The van der Waals surface area contributed by atoms with Crippen molar-refractivity contribution in [2.75, 3.05) is 5.32 Å². The van der Waals surface area contributed by atoms with Crippen LogP contribution in [0.25, 0.3) is 10.8 Å². The molecule has 3 atom stereocenters. The van der Waals surface area contributed by atoms with Crippen molar-refractivity contribution in [3.05, 3.63) is 114 Å². The zero-order chi connectivity index (χ0) is 21.3. The average molecular weight is 410 g/mol. The topological polar surface area (TPSA) is 29.1 Å². The fraction of sp³-hybridized carbons (Fsp3) is 0.179. The van der Waals surface area contributed by atoms with Crippen molar-refractivity contribution < 1.29 is 9.18 Å². The smallest absolute Gasteiger partial charge is 0.262 e. The van der Waals surface area contributed by atoms with Gasteiger partial charge in [-0.15, -0.1) is 0 Å². The lowest BCUT2D eigenvalue weighted by molar-refractivity contribution is -0.128. The summed E-state index contributed by atoms with van der Waals surface area (Å²) in [5.41, 5.74) is 0.599. The van der Waals surface area contributed by atoms with Gasteiger partial charge in [0.25, 0.3) is 5.91 Å². The molecule has 0 bridgehead atoms. The average Bonchev–Trinajstić information content (AvgIpc) is 3.19. The minimum atomic E-state index is -1.98. The maximum Gasteiger partial charge on any atom is 0.262 e. The summed E-state index contributed by atoms with van der Waals surface area (Å²) in [5, 5.41) is 5.12. The van der Waals surface area contributed by atoms with Gasteiger partial charge in [-0.1, -0.05) is 91.0 Å². The second kappa shape index (κ2) is 7.99. The van der Waals surface area contributed by atoms with Crippen LogP contribution in [0.2, 0.25) is 0 Å². The van der Waals surface area contributed by atoms with E-state index in [4.69, 9.17) is 0 Å². The standard InChI is InChI=1S/C28H24FNO/c29-28(27(31)30-25-13-5-2-6-14-25)19-24(18-26(28)21-10-3-1-4-11-21)23-16-15-20-9-7-8-12-22(20)17-23/h1-17,24,26H,18-19H2,(H,30,31)/t24-,26+,28-/m1/s1. The number of para-hydroxylation sites is 1. The third-order valence-corrected chi connectivity index (χ3v) is 6.47. The Balaban J connectivity index is 1.50. The third kappa shape index (κ3) is 3.72. The fourth-order valence-corrected chi connectivity index (χ4v) is 4.86. The number of amides is 1. The van der Waals surface area contributed by atoms with Crippen molar-refractivity contribution in [1.82, 2.24) is 0 Å². The first-order valence-corrected chi connectivity index (χ1v) is 10.7. The Morgan fingerprint density at radius 2 is 1.42 bits per heavy atom. The van der Waals surface area contributed by atoms with Crippen LogP contribution in [-0.2, 0) is 4.79 Å². The highest BCUT2D eigenvalue weighted by Crippen LogP contribution is 2.53. The molecule has 1 fully saturated rings. The number of rotatable bonds is 4. The Morgan fingerprint density at radius 3 is 2.16 bits per heavy atom. The molecule has 3 heteroatoms. The van der Waals surface area contributed by atoms with Crippen LogP contribution in [0.5, 0.6) is 0 Å². The number of alkyl halides is 1. The van der Waals surface area contributed by atoms with E-state index in [1.165, 1.54) is 0 Å². The Bertz CT molecular complexity index is 1210. The van der Waals surface area contributed by atoms with Crippen LogP contribution in [0.1, 0.15) is 35.8 Å². The molecule has 154 valence electrons. The molecule has 0 heterocycles. The summed E-state index contributed by atoms with van der Waals surface area (Å²) >= 11 is 0. The summed E-state index contributed by atoms with van der Waals surface area (Å²) in [4.78, 5) is 13.2. The van der Waals surface area contributed by atoms with Gasteiger partial charge >= 0.3 is 0 Å². The lowest BCUT2D eigenvalue weighted by atomic mass is 9.85. The summed E-state index contributed by atoms with van der Waals surface area (Å²) in [6, 6.07) is 33.2. The summed E-state index contributed by atoms with van der Waals surface area (Å²) in [6.45, 7) is 0. The number of anilines is 1. The van der Waals surface area contributed by atoms with Gasteiger partial charge in [0.05, 0.1) is 0 Å². The zero-order valence-corrected chi connectivity index (χ0v) is 17.2. The van der Waals surface area contributed by atoms with Gasteiger partial charge in [0.15, 0.2) is 5.67 Å². The van der Waals surface area contributed by atoms with E-state index >= 15 is 4.39 Å². The first-order valence-electron chi connectivity index (χ1n) is 10.7. The molecular weight excluding hydrogens is 385 g/mol. The largest absolute Gasteiger partial charge is 0.323 e. The maximum absolute atomic E-state index is 16.6. The quantitative estimate of drug-likeness (QED) is 0.392. The molecule has 0 spiro atoms. The van der Waals surface area contributed by atoms with Crippen molar-refractivity contribution in [2.45, 2.75) is 30.3 Å². The van der Waals surface area contributed by atoms with E-state index in [2.05, 4.69) is 35.6 Å². The summed E-state index contributed by atoms with van der Waals surface area (Å²) in [6.07, 6.45) is 0.768. The van der Waals surface area contributed by atoms with Gasteiger partial charge in [-0.05, 0) is 52.8 Å². The third-order valence-electron chi connectivity index (χ3n) is 6.47. The van der Waals surface area contributed by atoms with Crippen LogP contribution in [0.4, 0.5) is 10.1 Å². The SMILES string of the molecule is O=C(Nc1ccccc1)[C@@]1(F)C[C@H](c2ccc3ccccc3c2)C[C@H]1c1ccccc1. The Kier molecular flexibility index (Phi) is 5.03. The minimum absolute atomic E-state index is 0.0265. The summed E-state index contributed by atoms with van der Waals surface area (Å²) < 4.78 is 16.6. The van der Waals surface area contributed by atoms with E-state index in [9.17, 15) is 4.79 Å². The molecule has 5 rings (SSSR count). The van der Waals surface area contributed by atoms with Crippen molar-refractivity contribution in [2.24, 2.45) is 0 Å². The Labute approximate surface area is 181 Å². The van der Waals surface area contributed by atoms with Gasteiger partial charge in [-0.25, -0.2) is 4.39 Å². The van der Waals surface area contributed by atoms with E-state index in [0.717, 1.165) is 21.9 Å². The Hall–Kier alpha value is -3.46. The molecule has 1 aliphatic carbocycles. The molecule has 2 nitrogen and oxygen atoms in total. The van der Waals surface area contributed by atoms with E-state index in [1.807, 2.05) is 60.7 Å². The molecule has 4 aromatic carbocycles. The number of benzene rings is 4. The number of carbonyl (C=O) groups excluding carboxylic acids is 1. The predicted molar refractivity (Wildman–Crippen MR) is 124 cm³/mol. The van der Waals surface area contributed by atoms with Crippen molar-refractivity contribution in [1.29, 1.82) is 0 Å². The second-order valence-corrected chi connectivity index (χ2v) is 8.39. The molecular formula is C28H24FNO. The van der Waals surface area contributed by atoms with Crippen LogP contribution in [0.15, 0.2) is 103 Å². The summed E-state index contributed by atoms with van der Waals surface area (Å²) in [7, 11) is 0. The number of hydrogen-bond acceptors (Lipinski definition) is 1.